The van der Waals surface area contributed by atoms with Crippen molar-refractivity contribution in [3.05, 3.63) is 41.5 Å². The Morgan fingerprint density at radius 3 is 2.52 bits per heavy atom. The monoisotopic (exact) mass is 399 g/mol. The van der Waals surface area contributed by atoms with Gasteiger partial charge in [0.1, 0.15) is 11.7 Å². The van der Waals surface area contributed by atoms with Crippen LogP contribution in [0.25, 0.3) is 5.57 Å². The van der Waals surface area contributed by atoms with Crippen LogP contribution in [0.1, 0.15) is 51.7 Å². The van der Waals surface area contributed by atoms with Crippen LogP contribution in [0.2, 0.25) is 0 Å². The predicted octanol–water partition coefficient (Wildman–Crippen LogP) is 3.34. The molecule has 3 rings (SSSR count). The van der Waals surface area contributed by atoms with Gasteiger partial charge < -0.3 is 19.8 Å². The van der Waals surface area contributed by atoms with Gasteiger partial charge >= 0.3 is 6.09 Å². The lowest BCUT2D eigenvalue weighted by Gasteiger charge is -2.29. The van der Waals surface area contributed by atoms with E-state index in [1.165, 1.54) is 12.5 Å². The van der Waals surface area contributed by atoms with E-state index in [1.807, 2.05) is 32.9 Å². The first-order chi connectivity index (χ1) is 13.7. The number of hydrogen-bond donors (Lipinski definition) is 1. The topological polar surface area (TPSA) is 80.2 Å². The summed E-state index contributed by atoms with van der Waals surface area (Å²) in [4.78, 5) is 30.3. The normalized spacial score (nSPS) is 19.2. The van der Waals surface area contributed by atoms with E-state index in [2.05, 4.69) is 28.7 Å². The summed E-state index contributed by atoms with van der Waals surface area (Å²) in [6.07, 6.45) is 3.17. The molecule has 29 heavy (non-hydrogen) atoms. The molecule has 0 spiro atoms. The van der Waals surface area contributed by atoms with Crippen molar-refractivity contribution in [2.45, 2.75) is 52.2 Å². The van der Waals surface area contributed by atoms with Crippen molar-refractivity contribution in [1.29, 1.82) is 0 Å². The molecule has 2 heterocycles. The van der Waals surface area contributed by atoms with Crippen molar-refractivity contribution in [3.63, 3.8) is 0 Å². The highest BCUT2D eigenvalue weighted by molar-refractivity contribution is 6.01. The molecule has 0 aliphatic carbocycles. The van der Waals surface area contributed by atoms with E-state index in [0.29, 0.717) is 26.1 Å². The second-order valence-electron chi connectivity index (χ2n) is 8.39. The van der Waals surface area contributed by atoms with E-state index in [1.54, 1.807) is 4.90 Å². The lowest BCUT2D eigenvalue weighted by atomic mass is 9.96. The van der Waals surface area contributed by atoms with Crippen molar-refractivity contribution in [2.75, 3.05) is 19.6 Å². The number of amides is 2. The summed E-state index contributed by atoms with van der Waals surface area (Å²) < 4.78 is 5.44. The third kappa shape index (κ3) is 5.82. The fraction of sp³-hybridized carbons (Fsp3) is 0.500. The van der Waals surface area contributed by atoms with Crippen molar-refractivity contribution in [1.82, 2.24) is 10.2 Å². The number of hydrogen-bond acceptors (Lipinski definition) is 5. The summed E-state index contributed by atoms with van der Waals surface area (Å²) in [5.74, 6) is -0.0719. The summed E-state index contributed by atoms with van der Waals surface area (Å²) in [5.41, 5.74) is 3.80. The first kappa shape index (κ1) is 20.9. The van der Waals surface area contributed by atoms with Gasteiger partial charge in [0.15, 0.2) is 0 Å². The Balaban J connectivity index is 1.56. The maximum atomic E-state index is 12.2. The van der Waals surface area contributed by atoms with Crippen LogP contribution in [0.5, 0.6) is 0 Å². The van der Waals surface area contributed by atoms with E-state index < -0.39 is 5.60 Å². The molecule has 0 saturated heterocycles. The minimum absolute atomic E-state index is 0.0719. The molecule has 0 aromatic heterocycles. The Morgan fingerprint density at radius 1 is 1.24 bits per heavy atom. The van der Waals surface area contributed by atoms with Crippen molar-refractivity contribution in [2.24, 2.45) is 5.16 Å². The standard InChI is InChI=1S/C22H29N3O4/c1-15(26)23-14-19-13-20(24-29-19)18-7-5-16(6-8-18)17-9-11-25(12-10-17)21(27)28-22(2,3)4/h5-9,19H,10-14H2,1-4H3,(H,23,26)/t19-/m1/s1. The van der Waals surface area contributed by atoms with Gasteiger partial charge in [-0.3, -0.25) is 4.79 Å². The molecule has 1 aromatic carbocycles. The highest BCUT2D eigenvalue weighted by Gasteiger charge is 2.25. The van der Waals surface area contributed by atoms with Gasteiger partial charge in [-0.15, -0.1) is 0 Å². The maximum absolute atomic E-state index is 12.2. The largest absolute Gasteiger partial charge is 0.444 e. The third-order valence-electron chi connectivity index (χ3n) is 4.76. The molecule has 7 heteroatoms. The van der Waals surface area contributed by atoms with E-state index in [4.69, 9.17) is 9.57 Å². The average Bonchev–Trinajstić information content (AvgIpc) is 3.14. The number of oxime groups is 1. The summed E-state index contributed by atoms with van der Waals surface area (Å²) in [5, 5.41) is 6.91. The lowest BCUT2D eigenvalue weighted by Crippen LogP contribution is -2.39. The lowest BCUT2D eigenvalue weighted by molar-refractivity contribution is -0.119. The van der Waals surface area contributed by atoms with Crippen molar-refractivity contribution < 1.29 is 19.2 Å². The Labute approximate surface area is 171 Å². The number of rotatable bonds is 4. The van der Waals surface area contributed by atoms with Gasteiger partial charge in [0.2, 0.25) is 5.91 Å². The highest BCUT2D eigenvalue weighted by Crippen LogP contribution is 2.25. The number of carbonyl (C=O) groups excluding carboxylic acids is 2. The fourth-order valence-corrected chi connectivity index (χ4v) is 3.27. The van der Waals surface area contributed by atoms with E-state index in [0.717, 1.165) is 23.3 Å². The predicted molar refractivity (Wildman–Crippen MR) is 112 cm³/mol. The van der Waals surface area contributed by atoms with Crippen molar-refractivity contribution in [3.8, 4) is 0 Å². The van der Waals surface area contributed by atoms with Gasteiger partial charge in [-0.05, 0) is 43.9 Å². The van der Waals surface area contributed by atoms with E-state index in [-0.39, 0.29) is 18.1 Å². The van der Waals surface area contributed by atoms with Crippen LogP contribution in [0.3, 0.4) is 0 Å². The van der Waals surface area contributed by atoms with Crippen LogP contribution < -0.4 is 5.32 Å². The Bertz CT molecular complexity index is 821. The molecule has 2 amide bonds. The fourth-order valence-electron chi connectivity index (χ4n) is 3.27. The molecule has 2 aliphatic heterocycles. The average molecular weight is 399 g/mol. The molecule has 1 aromatic rings. The van der Waals surface area contributed by atoms with Crippen LogP contribution >= 0.6 is 0 Å². The summed E-state index contributed by atoms with van der Waals surface area (Å²) in [7, 11) is 0. The first-order valence-electron chi connectivity index (χ1n) is 9.96. The van der Waals surface area contributed by atoms with E-state index in [9.17, 15) is 9.59 Å². The molecule has 0 bridgehead atoms. The van der Waals surface area contributed by atoms with Crippen LogP contribution in [0.4, 0.5) is 4.79 Å². The molecule has 0 fully saturated rings. The van der Waals surface area contributed by atoms with Gasteiger partial charge in [0.25, 0.3) is 0 Å². The third-order valence-corrected chi connectivity index (χ3v) is 4.76. The van der Waals surface area contributed by atoms with E-state index >= 15 is 0 Å². The van der Waals surface area contributed by atoms with Gasteiger partial charge in [-0.1, -0.05) is 35.5 Å². The smallest absolute Gasteiger partial charge is 0.410 e. The Hall–Kier alpha value is -2.83. The van der Waals surface area contributed by atoms with Crippen LogP contribution in [-0.4, -0.2) is 54.0 Å². The second kappa shape index (κ2) is 8.68. The number of ether oxygens (including phenoxy) is 1. The zero-order chi connectivity index (χ0) is 21.0. The number of carbonyl (C=O) groups is 2. The van der Waals surface area contributed by atoms with Crippen LogP contribution in [0.15, 0.2) is 35.5 Å². The molecule has 156 valence electrons. The molecule has 1 N–H and O–H groups in total. The zero-order valence-corrected chi connectivity index (χ0v) is 17.5. The number of nitrogens with zero attached hydrogens (tertiary/aromatic N) is 2. The molecule has 0 saturated carbocycles. The molecular formula is C22H29N3O4. The molecule has 0 unspecified atom stereocenters. The summed E-state index contributed by atoms with van der Waals surface area (Å²) in [6.45, 7) is 8.77. The quantitative estimate of drug-likeness (QED) is 0.842. The minimum atomic E-state index is -0.481. The van der Waals surface area contributed by atoms with Gasteiger partial charge in [-0.2, -0.15) is 0 Å². The van der Waals surface area contributed by atoms with Crippen molar-refractivity contribution >= 4 is 23.3 Å². The molecule has 7 nitrogen and oxygen atoms in total. The molecule has 1 atom stereocenters. The van der Waals surface area contributed by atoms with Gasteiger partial charge in [-0.25, -0.2) is 4.79 Å². The van der Waals surface area contributed by atoms with Crippen LogP contribution in [-0.2, 0) is 14.4 Å². The number of nitrogens with one attached hydrogen (secondary N) is 1. The SMILES string of the molecule is CC(=O)NC[C@H]1CC(c2ccc(C3=CCN(C(=O)OC(C)(C)C)CC3)cc2)=NO1. The Kier molecular flexibility index (Phi) is 6.25. The maximum Gasteiger partial charge on any atom is 0.410 e. The minimum Gasteiger partial charge on any atom is -0.444 e. The highest BCUT2D eigenvalue weighted by atomic mass is 16.6. The number of benzene rings is 1. The summed E-state index contributed by atoms with van der Waals surface area (Å²) >= 11 is 0. The first-order valence-corrected chi connectivity index (χ1v) is 9.96. The molecule has 2 aliphatic rings. The molecule has 0 radical (unpaired) electrons. The molecular weight excluding hydrogens is 370 g/mol. The van der Waals surface area contributed by atoms with Crippen LogP contribution in [0, 0.1) is 0 Å². The second-order valence-corrected chi connectivity index (χ2v) is 8.39. The summed E-state index contributed by atoms with van der Waals surface area (Å²) in [6, 6.07) is 8.24. The van der Waals surface area contributed by atoms with Gasteiger partial charge in [0, 0.05) is 26.4 Å². The Morgan fingerprint density at radius 2 is 1.93 bits per heavy atom. The zero-order valence-electron chi connectivity index (χ0n) is 17.5. The van der Waals surface area contributed by atoms with Gasteiger partial charge in [0.05, 0.1) is 12.3 Å².